The lowest BCUT2D eigenvalue weighted by Gasteiger charge is -2.30. The molecule has 186 valence electrons. The van der Waals surface area contributed by atoms with E-state index in [9.17, 15) is 4.79 Å². The Kier molecular flexibility index (Phi) is 7.76. The van der Waals surface area contributed by atoms with Gasteiger partial charge >= 0.3 is 0 Å². The van der Waals surface area contributed by atoms with Gasteiger partial charge in [0.2, 0.25) is 17.8 Å². The van der Waals surface area contributed by atoms with Gasteiger partial charge in [-0.3, -0.25) is 4.79 Å². The number of carbonyl (C=O) groups is 1. The molecule has 36 heavy (non-hydrogen) atoms. The third-order valence-electron chi connectivity index (χ3n) is 6.61. The maximum atomic E-state index is 12.6. The molecule has 5 rings (SSSR count). The van der Waals surface area contributed by atoms with Crippen LogP contribution in [0.25, 0.3) is 6.08 Å². The first kappa shape index (κ1) is 24.3. The second-order valence-corrected chi connectivity index (χ2v) is 9.74. The Balaban J connectivity index is 1.31. The largest absolute Gasteiger partial charge is 0.341 e. The van der Waals surface area contributed by atoms with Crippen LogP contribution in [0.1, 0.15) is 54.4 Å². The van der Waals surface area contributed by atoms with Gasteiger partial charge in [-0.15, -0.1) is 0 Å². The normalized spacial score (nSPS) is 16.4. The molecule has 0 aliphatic carbocycles. The first-order chi connectivity index (χ1) is 17.6. The summed E-state index contributed by atoms with van der Waals surface area (Å²) in [4.78, 5) is 31.5. The molecule has 2 aliphatic heterocycles. The molecular weight excluding hydrogens is 472 g/mol. The fourth-order valence-electron chi connectivity index (χ4n) is 4.57. The predicted molar refractivity (Wildman–Crippen MR) is 146 cm³/mol. The summed E-state index contributed by atoms with van der Waals surface area (Å²) in [6, 6.07) is 14.8. The van der Waals surface area contributed by atoms with E-state index in [0.717, 1.165) is 75.0 Å². The second-order valence-electron chi connectivity index (χ2n) is 9.31. The van der Waals surface area contributed by atoms with Crippen LogP contribution >= 0.6 is 11.6 Å². The van der Waals surface area contributed by atoms with Crippen LogP contribution in [-0.2, 0) is 0 Å². The number of nitrogens with one attached hydrogen (secondary N) is 1. The first-order valence-electron chi connectivity index (χ1n) is 12.8. The number of piperidine rings is 2. The summed E-state index contributed by atoms with van der Waals surface area (Å²) in [5.74, 6) is 1.96. The van der Waals surface area contributed by atoms with E-state index in [-0.39, 0.29) is 5.78 Å². The number of aromatic nitrogens is 3. The molecule has 1 aromatic heterocycles. The summed E-state index contributed by atoms with van der Waals surface area (Å²) in [5, 5.41) is 4.01. The van der Waals surface area contributed by atoms with Gasteiger partial charge in [-0.1, -0.05) is 29.8 Å². The van der Waals surface area contributed by atoms with Crippen LogP contribution in [0.15, 0.2) is 54.6 Å². The smallest absolute Gasteiger partial charge is 0.233 e. The van der Waals surface area contributed by atoms with Crippen molar-refractivity contribution in [3.8, 4) is 0 Å². The highest BCUT2D eigenvalue weighted by atomic mass is 35.5. The highest BCUT2D eigenvalue weighted by Crippen LogP contribution is 2.24. The van der Waals surface area contributed by atoms with E-state index in [4.69, 9.17) is 26.6 Å². The van der Waals surface area contributed by atoms with Gasteiger partial charge in [0.05, 0.1) is 0 Å². The quantitative estimate of drug-likeness (QED) is 0.307. The van der Waals surface area contributed by atoms with Crippen molar-refractivity contribution >= 4 is 47.0 Å². The van der Waals surface area contributed by atoms with Crippen molar-refractivity contribution in [3.63, 3.8) is 0 Å². The SMILES string of the molecule is O=C(/C=C/c1ccc(Cl)cc1)c1ccc(Nc2nc(N3CCCCC3)nc(N3CCCCC3)n2)cc1. The van der Waals surface area contributed by atoms with Crippen molar-refractivity contribution in [2.24, 2.45) is 0 Å². The number of nitrogens with zero attached hydrogens (tertiary/aromatic N) is 5. The summed E-state index contributed by atoms with van der Waals surface area (Å²) in [6.07, 6.45) is 10.5. The number of ketones is 1. The summed E-state index contributed by atoms with van der Waals surface area (Å²) in [7, 11) is 0. The van der Waals surface area contributed by atoms with Crippen LogP contribution in [0.2, 0.25) is 5.02 Å². The van der Waals surface area contributed by atoms with Gasteiger partial charge in [-0.25, -0.2) is 0 Å². The lowest BCUT2D eigenvalue weighted by molar-refractivity contribution is 0.104. The average Bonchev–Trinajstić information content (AvgIpc) is 2.94. The summed E-state index contributed by atoms with van der Waals surface area (Å²) in [5.41, 5.74) is 2.37. The third-order valence-corrected chi connectivity index (χ3v) is 6.86. The molecule has 8 heteroatoms. The summed E-state index contributed by atoms with van der Waals surface area (Å²) < 4.78 is 0. The molecule has 1 N–H and O–H groups in total. The minimum atomic E-state index is -0.0589. The number of hydrogen-bond donors (Lipinski definition) is 1. The van der Waals surface area contributed by atoms with Gasteiger partial charge in [0.25, 0.3) is 0 Å². The number of anilines is 4. The molecule has 3 heterocycles. The molecule has 0 spiro atoms. The lowest BCUT2D eigenvalue weighted by atomic mass is 10.1. The summed E-state index contributed by atoms with van der Waals surface area (Å²) >= 11 is 5.93. The molecule has 0 radical (unpaired) electrons. The Morgan fingerprint density at radius 1 is 0.750 bits per heavy atom. The van der Waals surface area contributed by atoms with Crippen LogP contribution < -0.4 is 15.1 Å². The van der Waals surface area contributed by atoms with Crippen LogP contribution in [0.3, 0.4) is 0 Å². The van der Waals surface area contributed by atoms with E-state index < -0.39 is 0 Å². The van der Waals surface area contributed by atoms with E-state index in [1.54, 1.807) is 24.3 Å². The van der Waals surface area contributed by atoms with Crippen molar-refractivity contribution in [2.75, 3.05) is 41.3 Å². The van der Waals surface area contributed by atoms with Gasteiger partial charge in [0.1, 0.15) is 0 Å². The van der Waals surface area contributed by atoms with Crippen LogP contribution in [-0.4, -0.2) is 46.9 Å². The number of allylic oxidation sites excluding steroid dienone is 1. The first-order valence-corrected chi connectivity index (χ1v) is 13.1. The molecule has 3 aromatic rings. The Labute approximate surface area is 217 Å². The Bertz CT molecular complexity index is 1160. The molecule has 2 fully saturated rings. The van der Waals surface area contributed by atoms with E-state index in [0.29, 0.717) is 16.5 Å². The molecule has 7 nitrogen and oxygen atoms in total. The van der Waals surface area contributed by atoms with E-state index in [2.05, 4.69) is 15.1 Å². The zero-order chi connectivity index (χ0) is 24.7. The molecule has 0 unspecified atom stereocenters. The van der Waals surface area contributed by atoms with E-state index >= 15 is 0 Å². The van der Waals surface area contributed by atoms with Gasteiger partial charge in [0.15, 0.2) is 5.78 Å². The van der Waals surface area contributed by atoms with Crippen molar-refractivity contribution in [1.82, 2.24) is 15.0 Å². The predicted octanol–water partition coefficient (Wildman–Crippen LogP) is 6.15. The molecule has 2 aliphatic rings. The minimum Gasteiger partial charge on any atom is -0.341 e. The molecule has 2 aromatic carbocycles. The van der Waals surface area contributed by atoms with Crippen LogP contribution in [0.4, 0.5) is 23.5 Å². The zero-order valence-electron chi connectivity index (χ0n) is 20.4. The van der Waals surface area contributed by atoms with E-state index in [1.165, 1.54) is 12.8 Å². The van der Waals surface area contributed by atoms with Gasteiger partial charge in [-0.05, 0) is 86.6 Å². The topological polar surface area (TPSA) is 74.2 Å². The molecule has 2 saturated heterocycles. The fraction of sp³-hybridized carbons (Fsp3) is 0.357. The highest BCUT2D eigenvalue weighted by molar-refractivity contribution is 6.30. The maximum absolute atomic E-state index is 12.6. The van der Waals surface area contributed by atoms with Crippen molar-refractivity contribution in [3.05, 3.63) is 70.8 Å². The fourth-order valence-corrected chi connectivity index (χ4v) is 4.70. The number of halogens is 1. The monoisotopic (exact) mass is 502 g/mol. The number of benzene rings is 2. The Hall–Kier alpha value is -3.45. The van der Waals surface area contributed by atoms with Crippen molar-refractivity contribution in [2.45, 2.75) is 38.5 Å². The zero-order valence-corrected chi connectivity index (χ0v) is 21.1. The Morgan fingerprint density at radius 2 is 1.31 bits per heavy atom. The molecular formula is C28H31ClN6O. The standard InChI is InChI=1S/C28H31ClN6O/c29-23-12-7-21(8-13-23)9-16-25(36)22-10-14-24(15-11-22)30-26-31-27(34-17-3-1-4-18-34)33-28(32-26)35-19-5-2-6-20-35/h7-16H,1-6,17-20H2,(H,30,31,32,33)/b16-9+. The van der Waals surface area contributed by atoms with Crippen molar-refractivity contribution in [1.29, 1.82) is 0 Å². The van der Waals surface area contributed by atoms with Crippen LogP contribution in [0, 0.1) is 0 Å². The van der Waals surface area contributed by atoms with Gasteiger partial charge in [0, 0.05) is 42.5 Å². The molecule has 0 atom stereocenters. The van der Waals surface area contributed by atoms with E-state index in [1.807, 2.05) is 36.4 Å². The molecule has 0 amide bonds. The number of rotatable bonds is 7. The minimum absolute atomic E-state index is 0.0589. The maximum Gasteiger partial charge on any atom is 0.233 e. The van der Waals surface area contributed by atoms with Gasteiger partial charge < -0.3 is 15.1 Å². The average molecular weight is 503 g/mol. The second kappa shape index (κ2) is 11.5. The molecule has 0 bridgehead atoms. The lowest BCUT2D eigenvalue weighted by Crippen LogP contribution is -2.34. The van der Waals surface area contributed by atoms with Gasteiger partial charge in [-0.2, -0.15) is 15.0 Å². The number of hydrogen-bond acceptors (Lipinski definition) is 7. The van der Waals surface area contributed by atoms with Crippen molar-refractivity contribution < 1.29 is 4.79 Å². The summed E-state index contributed by atoms with van der Waals surface area (Å²) in [6.45, 7) is 3.90. The van der Waals surface area contributed by atoms with Crippen LogP contribution in [0.5, 0.6) is 0 Å². The molecule has 0 saturated carbocycles. The highest BCUT2D eigenvalue weighted by Gasteiger charge is 2.20. The number of carbonyl (C=O) groups excluding carboxylic acids is 1. The third kappa shape index (κ3) is 6.21. The Morgan fingerprint density at radius 3 is 1.86 bits per heavy atom.